The maximum absolute atomic E-state index is 11.7. The lowest BCUT2D eigenvalue weighted by atomic mass is 10.2. The smallest absolute Gasteiger partial charge is 0.287 e. The molecule has 0 spiro atoms. The Morgan fingerprint density at radius 1 is 1.29 bits per heavy atom. The number of halogens is 2. The van der Waals surface area contributed by atoms with Gasteiger partial charge in [-0.05, 0) is 0 Å². The first-order valence-electron chi connectivity index (χ1n) is 4.90. The Morgan fingerprint density at radius 2 is 1.94 bits per heavy atom. The minimum absolute atomic E-state index is 0.0153. The van der Waals surface area contributed by atoms with Crippen molar-refractivity contribution in [3.63, 3.8) is 0 Å². The summed E-state index contributed by atoms with van der Waals surface area (Å²) < 4.78 is 0.929. The van der Waals surface area contributed by atoms with Gasteiger partial charge in [-0.2, -0.15) is 5.10 Å². The lowest BCUT2D eigenvalue weighted by molar-refractivity contribution is -0.0257. The Kier molecular flexibility index (Phi) is 3.42. The summed E-state index contributed by atoms with van der Waals surface area (Å²) in [5.74, 6) is 0. The van der Waals surface area contributed by atoms with E-state index in [4.69, 9.17) is 23.2 Å². The van der Waals surface area contributed by atoms with Gasteiger partial charge in [-0.3, -0.25) is 4.79 Å². The van der Waals surface area contributed by atoms with Gasteiger partial charge in [0.1, 0.15) is 17.2 Å². The first-order chi connectivity index (χ1) is 7.93. The van der Waals surface area contributed by atoms with Gasteiger partial charge in [0.05, 0.1) is 23.4 Å². The molecule has 1 heterocycles. The number of aliphatic hydroxyl groups excluding tert-OH is 3. The molecule has 0 amide bonds. The maximum Gasteiger partial charge on any atom is 0.287 e. The van der Waals surface area contributed by atoms with Gasteiger partial charge in [0, 0.05) is 6.42 Å². The minimum Gasteiger partial charge on any atom is -0.390 e. The second-order valence-electron chi connectivity index (χ2n) is 3.91. The predicted molar refractivity (Wildman–Crippen MR) is 60.2 cm³/mol. The zero-order chi connectivity index (χ0) is 12.7. The predicted octanol–water partition coefficient (Wildman–Crippen LogP) is -0.422. The molecule has 0 aliphatic heterocycles. The summed E-state index contributed by atoms with van der Waals surface area (Å²) in [6, 6.07) is -0.817. The monoisotopic (exact) mass is 280 g/mol. The molecule has 17 heavy (non-hydrogen) atoms. The van der Waals surface area contributed by atoms with Crippen LogP contribution in [0.2, 0.25) is 10.0 Å². The van der Waals surface area contributed by atoms with Gasteiger partial charge in [-0.1, -0.05) is 23.2 Å². The molecule has 1 aliphatic rings. The highest BCUT2D eigenvalue weighted by molar-refractivity contribution is 6.41. The molecule has 0 aromatic carbocycles. The lowest BCUT2D eigenvalue weighted by Crippen LogP contribution is -2.36. The number of nitrogens with zero attached hydrogens (tertiary/aromatic N) is 2. The van der Waals surface area contributed by atoms with Crippen molar-refractivity contribution in [1.82, 2.24) is 9.78 Å². The maximum atomic E-state index is 11.7. The molecule has 1 fully saturated rings. The van der Waals surface area contributed by atoms with Gasteiger partial charge in [0.2, 0.25) is 0 Å². The first-order valence-corrected chi connectivity index (χ1v) is 5.66. The third-order valence-electron chi connectivity index (χ3n) is 2.84. The number of hydrogen-bond donors (Lipinski definition) is 3. The van der Waals surface area contributed by atoms with Crippen LogP contribution in [0.4, 0.5) is 0 Å². The third-order valence-corrected chi connectivity index (χ3v) is 3.59. The molecule has 1 aromatic rings. The summed E-state index contributed by atoms with van der Waals surface area (Å²) >= 11 is 11.3. The highest BCUT2D eigenvalue weighted by Gasteiger charge is 2.42. The third kappa shape index (κ3) is 2.07. The molecule has 2 rings (SSSR count). The molecule has 0 unspecified atom stereocenters. The SMILES string of the molecule is O=c1c(Cl)c(Cl)cnn1[C@@H]1C[C@H](O)[C@@H](O)[C@H]1O. The van der Waals surface area contributed by atoms with Crippen LogP contribution in [-0.4, -0.2) is 43.4 Å². The Labute approximate surface area is 106 Å². The average molecular weight is 281 g/mol. The Bertz CT molecular complexity index is 492. The molecule has 1 aromatic heterocycles. The molecule has 3 N–H and O–H groups in total. The standard InChI is InChI=1S/C9H10Cl2N2O4/c10-3-2-12-13(9(17)6(3)11)4-1-5(14)8(16)7(4)15/h2,4-5,7-8,14-16H,1H2/t4-,5+,7+,8-/m1/s1. The molecule has 6 nitrogen and oxygen atoms in total. The summed E-state index contributed by atoms with van der Waals surface area (Å²) in [4.78, 5) is 11.7. The number of aromatic nitrogens is 2. The Morgan fingerprint density at radius 3 is 2.47 bits per heavy atom. The quantitative estimate of drug-likeness (QED) is 0.649. The van der Waals surface area contributed by atoms with Gasteiger partial charge in [0.15, 0.2) is 0 Å². The van der Waals surface area contributed by atoms with Crippen molar-refractivity contribution in [2.75, 3.05) is 0 Å². The number of aliphatic hydroxyl groups is 3. The zero-order valence-corrected chi connectivity index (χ0v) is 10.0. The van der Waals surface area contributed by atoms with E-state index in [0.717, 1.165) is 4.68 Å². The van der Waals surface area contributed by atoms with Crippen molar-refractivity contribution >= 4 is 23.2 Å². The molecule has 0 radical (unpaired) electrons. The van der Waals surface area contributed by atoms with Crippen LogP contribution in [0.5, 0.6) is 0 Å². The molecule has 94 valence electrons. The van der Waals surface area contributed by atoms with Crippen LogP contribution in [0.1, 0.15) is 12.5 Å². The summed E-state index contributed by atoms with van der Waals surface area (Å²) in [5.41, 5.74) is -0.662. The summed E-state index contributed by atoms with van der Waals surface area (Å²) in [5, 5.41) is 32.0. The fraction of sp³-hybridized carbons (Fsp3) is 0.556. The average Bonchev–Trinajstić information content (AvgIpc) is 2.54. The molecule has 0 bridgehead atoms. The van der Waals surface area contributed by atoms with Gasteiger partial charge >= 0.3 is 0 Å². The van der Waals surface area contributed by atoms with Gasteiger partial charge < -0.3 is 15.3 Å². The van der Waals surface area contributed by atoms with E-state index in [1.807, 2.05) is 0 Å². The Balaban J connectivity index is 2.43. The van der Waals surface area contributed by atoms with E-state index in [1.165, 1.54) is 6.20 Å². The van der Waals surface area contributed by atoms with Crippen LogP contribution >= 0.6 is 23.2 Å². The zero-order valence-electron chi connectivity index (χ0n) is 8.49. The Hall–Kier alpha value is -0.660. The van der Waals surface area contributed by atoms with Crippen molar-refractivity contribution in [2.24, 2.45) is 0 Å². The molecule has 1 aliphatic carbocycles. The van der Waals surface area contributed by atoms with Gasteiger partial charge in [-0.25, -0.2) is 4.68 Å². The summed E-state index contributed by atoms with van der Waals surface area (Å²) in [6.45, 7) is 0. The van der Waals surface area contributed by atoms with Gasteiger partial charge in [-0.15, -0.1) is 0 Å². The second-order valence-corrected chi connectivity index (χ2v) is 4.69. The molecule has 8 heteroatoms. The fourth-order valence-corrected chi connectivity index (χ4v) is 2.15. The highest BCUT2D eigenvalue weighted by Crippen LogP contribution is 2.30. The van der Waals surface area contributed by atoms with Crippen molar-refractivity contribution in [3.05, 3.63) is 26.6 Å². The number of hydrogen-bond acceptors (Lipinski definition) is 5. The van der Waals surface area contributed by atoms with Crippen molar-refractivity contribution in [3.8, 4) is 0 Å². The van der Waals surface area contributed by atoms with Crippen LogP contribution < -0.4 is 5.56 Å². The summed E-state index contributed by atoms with van der Waals surface area (Å²) in [6.07, 6.45) is -2.48. The molecule has 1 saturated carbocycles. The van der Waals surface area contributed by atoms with Crippen LogP contribution in [0.15, 0.2) is 11.0 Å². The molecular formula is C9H10Cl2N2O4. The van der Waals surface area contributed by atoms with E-state index in [9.17, 15) is 20.1 Å². The second kappa shape index (κ2) is 4.55. The van der Waals surface area contributed by atoms with Crippen LogP contribution in [0.25, 0.3) is 0 Å². The van der Waals surface area contributed by atoms with Crippen molar-refractivity contribution < 1.29 is 15.3 Å². The van der Waals surface area contributed by atoms with E-state index >= 15 is 0 Å². The van der Waals surface area contributed by atoms with E-state index < -0.39 is 29.9 Å². The molecule has 0 saturated heterocycles. The minimum atomic E-state index is -1.30. The fourth-order valence-electron chi connectivity index (χ4n) is 1.89. The molecular weight excluding hydrogens is 271 g/mol. The largest absolute Gasteiger partial charge is 0.390 e. The normalized spacial score (nSPS) is 33.0. The van der Waals surface area contributed by atoms with Crippen molar-refractivity contribution in [2.45, 2.75) is 30.8 Å². The van der Waals surface area contributed by atoms with Crippen LogP contribution in [0, 0.1) is 0 Å². The summed E-state index contributed by atoms with van der Waals surface area (Å²) in [7, 11) is 0. The van der Waals surface area contributed by atoms with E-state index in [2.05, 4.69) is 5.10 Å². The van der Waals surface area contributed by atoms with Crippen LogP contribution in [-0.2, 0) is 0 Å². The highest BCUT2D eigenvalue weighted by atomic mass is 35.5. The van der Waals surface area contributed by atoms with E-state index in [0.29, 0.717) is 0 Å². The van der Waals surface area contributed by atoms with E-state index in [1.54, 1.807) is 0 Å². The first kappa shape index (κ1) is 12.8. The van der Waals surface area contributed by atoms with Crippen LogP contribution in [0.3, 0.4) is 0 Å². The van der Waals surface area contributed by atoms with Crippen molar-refractivity contribution in [1.29, 1.82) is 0 Å². The lowest BCUT2D eigenvalue weighted by Gasteiger charge is -2.17. The topological polar surface area (TPSA) is 95.6 Å². The van der Waals surface area contributed by atoms with E-state index in [-0.39, 0.29) is 16.5 Å². The van der Waals surface area contributed by atoms with Gasteiger partial charge in [0.25, 0.3) is 5.56 Å². The number of rotatable bonds is 1. The molecule has 4 atom stereocenters.